The molecule has 1 rings (SSSR count). The van der Waals surface area contributed by atoms with Crippen LogP contribution in [0.25, 0.3) is 0 Å². The first-order valence-electron chi connectivity index (χ1n) is 9.04. The molecule has 0 aliphatic carbocycles. The van der Waals surface area contributed by atoms with Crippen molar-refractivity contribution in [1.29, 1.82) is 0 Å². The highest BCUT2D eigenvalue weighted by Crippen LogP contribution is 2.17. The molecule has 1 atom stereocenters. The lowest BCUT2D eigenvalue weighted by atomic mass is 10.1. The Hall–Kier alpha value is -1.02. The fraction of sp³-hybridized carbons (Fsp3) is 0.632. The largest absolute Gasteiger partial charge is 0.496 e. The van der Waals surface area contributed by atoms with Crippen LogP contribution < -0.4 is 15.4 Å². The van der Waals surface area contributed by atoms with Gasteiger partial charge in [0.25, 0.3) is 0 Å². The first-order valence-corrected chi connectivity index (χ1v) is 9.04. The van der Waals surface area contributed by atoms with E-state index in [0.717, 1.165) is 50.9 Å². The molecule has 1 unspecified atom stereocenters. The van der Waals surface area contributed by atoms with E-state index in [1.54, 1.807) is 7.11 Å². The average Bonchev–Trinajstić information content (AvgIpc) is 2.61. The van der Waals surface area contributed by atoms with Gasteiger partial charge in [-0.05, 0) is 45.0 Å². The van der Waals surface area contributed by atoms with Crippen LogP contribution in [-0.4, -0.2) is 56.7 Å². The summed E-state index contributed by atoms with van der Waals surface area (Å²) >= 11 is 0. The van der Waals surface area contributed by atoms with E-state index in [1.165, 1.54) is 5.56 Å². The number of likely N-dealkylation sites (N-methyl/N-ethyl adjacent to an activating group) is 1. The van der Waals surface area contributed by atoms with Crippen LogP contribution in [0.4, 0.5) is 0 Å². The molecule has 0 heterocycles. The summed E-state index contributed by atoms with van der Waals surface area (Å²) in [7, 11) is 1.71. The molecular weight excluding hydrogens is 427 g/mol. The smallest absolute Gasteiger partial charge is 0.191 e. The molecule has 0 saturated carbocycles. The van der Waals surface area contributed by atoms with Gasteiger partial charge in [-0.25, -0.2) is 0 Å². The molecule has 144 valence electrons. The summed E-state index contributed by atoms with van der Waals surface area (Å²) in [5.74, 6) is 1.82. The molecule has 5 nitrogen and oxygen atoms in total. The number of methoxy groups -OCH3 is 1. The Morgan fingerprint density at radius 1 is 1.16 bits per heavy atom. The van der Waals surface area contributed by atoms with E-state index in [9.17, 15) is 0 Å². The third-order valence-electron chi connectivity index (χ3n) is 4.17. The van der Waals surface area contributed by atoms with Gasteiger partial charge in [-0.3, -0.25) is 9.89 Å². The summed E-state index contributed by atoms with van der Waals surface area (Å²) in [6.07, 6.45) is 0.903. The molecule has 0 aliphatic heterocycles. The molecule has 0 aromatic heterocycles. The van der Waals surface area contributed by atoms with E-state index in [4.69, 9.17) is 9.73 Å². The molecule has 1 aromatic carbocycles. The minimum Gasteiger partial charge on any atom is -0.496 e. The van der Waals surface area contributed by atoms with Gasteiger partial charge < -0.3 is 15.4 Å². The minimum absolute atomic E-state index is 0. The predicted molar refractivity (Wildman–Crippen MR) is 118 cm³/mol. The Morgan fingerprint density at radius 2 is 1.84 bits per heavy atom. The molecular formula is C19H35IN4O. The first kappa shape index (κ1) is 24.0. The van der Waals surface area contributed by atoms with E-state index in [2.05, 4.69) is 49.3 Å². The van der Waals surface area contributed by atoms with Gasteiger partial charge in [0.1, 0.15) is 5.75 Å². The number of halogens is 1. The Bertz CT molecular complexity index is 492. The summed E-state index contributed by atoms with van der Waals surface area (Å²) < 4.78 is 5.40. The molecule has 0 radical (unpaired) electrons. The number of ether oxygens (including phenoxy) is 1. The number of hydrogen-bond acceptors (Lipinski definition) is 3. The van der Waals surface area contributed by atoms with Gasteiger partial charge in [0, 0.05) is 19.1 Å². The number of rotatable bonds is 10. The summed E-state index contributed by atoms with van der Waals surface area (Å²) in [5.41, 5.74) is 1.21. The quantitative estimate of drug-likeness (QED) is 0.319. The van der Waals surface area contributed by atoms with Gasteiger partial charge >= 0.3 is 0 Å². The van der Waals surface area contributed by atoms with Gasteiger partial charge in [-0.2, -0.15) is 0 Å². The number of aliphatic imine (C=N–C) groups is 1. The molecule has 1 aromatic rings. The van der Waals surface area contributed by atoms with Crippen molar-refractivity contribution < 1.29 is 4.74 Å². The third kappa shape index (κ3) is 8.76. The lowest BCUT2D eigenvalue weighted by Gasteiger charge is -2.25. The van der Waals surface area contributed by atoms with Crippen LogP contribution in [0.2, 0.25) is 0 Å². The summed E-state index contributed by atoms with van der Waals surface area (Å²) in [5, 5.41) is 6.73. The van der Waals surface area contributed by atoms with E-state index in [-0.39, 0.29) is 24.0 Å². The summed E-state index contributed by atoms with van der Waals surface area (Å²) in [6, 6.07) is 8.59. The monoisotopic (exact) mass is 462 g/mol. The average molecular weight is 462 g/mol. The second-order valence-electron chi connectivity index (χ2n) is 5.78. The van der Waals surface area contributed by atoms with E-state index >= 15 is 0 Å². The maximum Gasteiger partial charge on any atom is 0.191 e. The van der Waals surface area contributed by atoms with Crippen molar-refractivity contribution in [3.63, 3.8) is 0 Å². The van der Waals surface area contributed by atoms with Gasteiger partial charge in [0.15, 0.2) is 5.96 Å². The SMILES string of the molecule is CCNC(=NCC(C)N(CC)CC)NCCc1ccccc1OC.I. The van der Waals surface area contributed by atoms with Crippen LogP contribution >= 0.6 is 24.0 Å². The zero-order valence-corrected chi connectivity index (χ0v) is 18.7. The molecule has 0 saturated heterocycles. The number of nitrogens with zero attached hydrogens (tertiary/aromatic N) is 2. The van der Waals surface area contributed by atoms with Gasteiger partial charge in [0.05, 0.1) is 13.7 Å². The molecule has 25 heavy (non-hydrogen) atoms. The van der Waals surface area contributed by atoms with Gasteiger partial charge in [-0.15, -0.1) is 24.0 Å². The molecule has 0 aliphatic rings. The first-order chi connectivity index (χ1) is 11.7. The fourth-order valence-electron chi connectivity index (χ4n) is 2.75. The highest BCUT2D eigenvalue weighted by atomic mass is 127. The van der Waals surface area contributed by atoms with E-state index in [1.807, 2.05) is 18.2 Å². The van der Waals surface area contributed by atoms with E-state index < -0.39 is 0 Å². The van der Waals surface area contributed by atoms with Crippen molar-refractivity contribution in [1.82, 2.24) is 15.5 Å². The molecule has 0 spiro atoms. The Labute approximate surface area is 170 Å². The predicted octanol–water partition coefficient (Wildman–Crippen LogP) is 3.14. The summed E-state index contributed by atoms with van der Waals surface area (Å²) in [6.45, 7) is 13.3. The fourth-order valence-corrected chi connectivity index (χ4v) is 2.75. The second-order valence-corrected chi connectivity index (χ2v) is 5.78. The number of para-hydroxylation sites is 1. The van der Waals surface area contributed by atoms with Crippen LogP contribution in [0.15, 0.2) is 29.3 Å². The normalized spacial score (nSPS) is 12.5. The van der Waals surface area contributed by atoms with Crippen molar-refractivity contribution in [3.8, 4) is 5.75 Å². The molecule has 6 heteroatoms. The van der Waals surface area contributed by atoms with Crippen LogP contribution in [0.5, 0.6) is 5.75 Å². The summed E-state index contributed by atoms with van der Waals surface area (Å²) in [4.78, 5) is 7.14. The van der Waals surface area contributed by atoms with Crippen molar-refractivity contribution in [2.24, 2.45) is 4.99 Å². The Kier molecular flexibility index (Phi) is 13.6. The zero-order chi connectivity index (χ0) is 17.8. The highest BCUT2D eigenvalue weighted by Gasteiger charge is 2.09. The van der Waals surface area contributed by atoms with Crippen LogP contribution in [0, 0.1) is 0 Å². The Morgan fingerprint density at radius 3 is 2.44 bits per heavy atom. The minimum atomic E-state index is 0. The lowest BCUT2D eigenvalue weighted by Crippen LogP contribution is -2.40. The highest BCUT2D eigenvalue weighted by molar-refractivity contribution is 14.0. The molecule has 2 N–H and O–H groups in total. The second kappa shape index (κ2) is 14.2. The van der Waals surface area contributed by atoms with Gasteiger partial charge in [-0.1, -0.05) is 32.0 Å². The molecule has 0 fully saturated rings. The van der Waals surface area contributed by atoms with E-state index in [0.29, 0.717) is 6.04 Å². The number of hydrogen-bond donors (Lipinski definition) is 2. The third-order valence-corrected chi connectivity index (χ3v) is 4.17. The van der Waals surface area contributed by atoms with Gasteiger partial charge in [0.2, 0.25) is 0 Å². The number of nitrogens with one attached hydrogen (secondary N) is 2. The number of benzene rings is 1. The standard InChI is InChI=1S/C19H34N4O.HI/c1-6-20-19(22-15-16(4)23(7-2)8-3)21-14-13-17-11-9-10-12-18(17)24-5;/h9-12,16H,6-8,13-15H2,1-5H3,(H2,20,21,22);1H. The maximum atomic E-state index is 5.40. The number of guanidine groups is 1. The Balaban J connectivity index is 0.00000576. The topological polar surface area (TPSA) is 48.9 Å². The van der Waals surface area contributed by atoms with Crippen molar-refractivity contribution >= 4 is 29.9 Å². The maximum absolute atomic E-state index is 5.40. The molecule has 0 bridgehead atoms. The van der Waals surface area contributed by atoms with Crippen molar-refractivity contribution in [2.45, 2.75) is 40.2 Å². The van der Waals surface area contributed by atoms with Crippen molar-refractivity contribution in [3.05, 3.63) is 29.8 Å². The lowest BCUT2D eigenvalue weighted by molar-refractivity contribution is 0.237. The van der Waals surface area contributed by atoms with Crippen LogP contribution in [-0.2, 0) is 6.42 Å². The van der Waals surface area contributed by atoms with Crippen LogP contribution in [0.1, 0.15) is 33.3 Å². The van der Waals surface area contributed by atoms with Crippen molar-refractivity contribution in [2.75, 3.05) is 39.8 Å². The molecule has 0 amide bonds. The zero-order valence-electron chi connectivity index (χ0n) is 16.3. The van der Waals surface area contributed by atoms with Crippen LogP contribution in [0.3, 0.4) is 0 Å².